The highest BCUT2D eigenvalue weighted by atomic mass is 31.2. The maximum atomic E-state index is 15.5. The van der Waals surface area contributed by atoms with Gasteiger partial charge in [0.2, 0.25) is 0 Å². The zero-order valence-electron chi connectivity index (χ0n) is 20.9. The summed E-state index contributed by atoms with van der Waals surface area (Å²) in [5.41, 5.74) is -2.33. The predicted molar refractivity (Wildman–Crippen MR) is 134 cm³/mol. The van der Waals surface area contributed by atoms with Crippen molar-refractivity contribution in [1.29, 1.82) is 0 Å². The predicted octanol–water partition coefficient (Wildman–Crippen LogP) is 5.93. The van der Waals surface area contributed by atoms with Crippen molar-refractivity contribution in [1.82, 2.24) is 15.0 Å². The quantitative estimate of drug-likeness (QED) is 0.349. The molecule has 2 aromatic heterocycles. The Kier molecular flexibility index (Phi) is 7.63. The number of hydrogen-bond donors (Lipinski definition) is 2. The number of halogens is 3. The van der Waals surface area contributed by atoms with Gasteiger partial charge in [-0.1, -0.05) is 31.9 Å². The third kappa shape index (κ3) is 5.51. The molecule has 190 valence electrons. The molecule has 0 radical (unpaired) electrons. The third-order valence-electron chi connectivity index (χ3n) is 6.11. The molecule has 0 spiro atoms. The number of benzene rings is 1. The lowest BCUT2D eigenvalue weighted by Gasteiger charge is -2.33. The van der Waals surface area contributed by atoms with Crippen LogP contribution in [0.15, 0.2) is 30.5 Å². The summed E-state index contributed by atoms with van der Waals surface area (Å²) >= 11 is 0. The van der Waals surface area contributed by atoms with E-state index >= 15 is 13.2 Å². The number of aliphatic hydroxyl groups is 1. The highest BCUT2D eigenvalue weighted by Crippen LogP contribution is 2.44. The largest absolute Gasteiger partial charge is 0.384 e. The molecular weight excluding hydrogens is 476 g/mol. The van der Waals surface area contributed by atoms with Crippen LogP contribution in [0.4, 0.5) is 19.0 Å². The Labute approximate surface area is 203 Å². The number of fused-ring (bicyclic) bond motifs is 1. The first-order chi connectivity index (χ1) is 16.2. The molecule has 0 fully saturated rings. The average Bonchev–Trinajstić information content (AvgIpc) is 2.76. The molecule has 0 bridgehead atoms. The molecule has 0 unspecified atom stereocenters. The number of aryl methyl sites for hydroxylation is 1. The molecule has 2 heterocycles. The van der Waals surface area contributed by atoms with E-state index in [0.717, 1.165) is 13.0 Å². The van der Waals surface area contributed by atoms with Gasteiger partial charge in [0, 0.05) is 10.9 Å². The highest BCUT2D eigenvalue weighted by molar-refractivity contribution is 7.69. The minimum absolute atomic E-state index is 0.00353. The lowest BCUT2D eigenvalue weighted by molar-refractivity contribution is -0.184. The van der Waals surface area contributed by atoms with Gasteiger partial charge >= 0.3 is 5.92 Å². The van der Waals surface area contributed by atoms with E-state index in [4.69, 9.17) is 0 Å². The number of unbranched alkanes of at least 4 members (excludes halogenated alkanes) is 1. The van der Waals surface area contributed by atoms with Crippen LogP contribution in [0.25, 0.3) is 10.9 Å². The summed E-state index contributed by atoms with van der Waals surface area (Å²) in [5, 5.41) is 14.1. The second-order valence-electron chi connectivity index (χ2n) is 9.56. The van der Waals surface area contributed by atoms with E-state index < -0.39 is 36.1 Å². The van der Waals surface area contributed by atoms with E-state index in [2.05, 4.69) is 20.3 Å². The number of rotatable bonds is 9. The molecule has 0 aliphatic rings. The number of anilines is 1. The van der Waals surface area contributed by atoms with Crippen molar-refractivity contribution in [3.63, 3.8) is 0 Å². The fourth-order valence-corrected chi connectivity index (χ4v) is 4.70. The number of alkyl halides is 2. The normalized spacial score (nSPS) is 15.1. The Morgan fingerprint density at radius 2 is 1.91 bits per heavy atom. The molecule has 3 rings (SSSR count). The van der Waals surface area contributed by atoms with Gasteiger partial charge in [-0.2, -0.15) is 8.78 Å². The lowest BCUT2D eigenvalue weighted by atomic mass is 9.85. The van der Waals surface area contributed by atoms with E-state index in [9.17, 15) is 9.67 Å². The fraction of sp³-hybridized carbons (Fsp3) is 0.480. The molecule has 35 heavy (non-hydrogen) atoms. The molecule has 2 N–H and O–H groups in total. The second kappa shape index (κ2) is 9.86. The van der Waals surface area contributed by atoms with Crippen LogP contribution in [0.3, 0.4) is 0 Å². The van der Waals surface area contributed by atoms with Crippen LogP contribution in [0.5, 0.6) is 0 Å². The van der Waals surface area contributed by atoms with Gasteiger partial charge in [0.1, 0.15) is 35.6 Å². The second-order valence-corrected chi connectivity index (χ2v) is 12.7. The van der Waals surface area contributed by atoms with Gasteiger partial charge in [-0.3, -0.25) is 4.98 Å². The number of aromatic nitrogens is 3. The van der Waals surface area contributed by atoms with E-state index in [1.807, 2.05) is 6.92 Å². The monoisotopic (exact) mass is 508 g/mol. The van der Waals surface area contributed by atoms with Gasteiger partial charge < -0.3 is 15.0 Å². The number of hydrogen-bond acceptors (Lipinski definition) is 6. The topological polar surface area (TPSA) is 88.0 Å². The van der Waals surface area contributed by atoms with Crippen molar-refractivity contribution in [2.45, 2.75) is 64.5 Å². The summed E-state index contributed by atoms with van der Waals surface area (Å²) in [6.45, 7) is 9.39. The van der Waals surface area contributed by atoms with E-state index in [-0.39, 0.29) is 12.0 Å². The zero-order chi connectivity index (χ0) is 26.2. The minimum Gasteiger partial charge on any atom is -0.384 e. The van der Waals surface area contributed by atoms with E-state index in [0.29, 0.717) is 40.8 Å². The maximum absolute atomic E-state index is 15.5. The molecule has 1 aromatic carbocycles. The van der Waals surface area contributed by atoms with Crippen molar-refractivity contribution in [2.75, 3.05) is 18.6 Å². The molecule has 2 atom stereocenters. The Morgan fingerprint density at radius 1 is 1.23 bits per heavy atom. The molecule has 3 aromatic rings. The SMILES string of the molecule is CCCC[C@@](C)(O)C(F)(F)c1cccc([C@@H](C)Nc2nc(C)nc3cnc(P(C)(C)=O)cc23)c1F. The molecule has 0 saturated heterocycles. The van der Waals surface area contributed by atoms with Crippen LogP contribution in [-0.2, 0) is 10.5 Å². The molecule has 0 aliphatic carbocycles. The standard InChI is InChI=1S/C25H32F3N4O2P/c1-7-8-12-24(4,33)25(27,28)19-11-9-10-17(22(19)26)15(2)30-23-18-13-21(35(5,6)34)29-14-20(18)31-16(3)32-23/h9-11,13-15,33H,7-8,12H2,1-6H3,(H,30,31,32)/t15-,24-/m1/s1. The van der Waals surface area contributed by atoms with Gasteiger partial charge in [0.15, 0.2) is 0 Å². The third-order valence-corrected chi connectivity index (χ3v) is 7.46. The fourth-order valence-electron chi connectivity index (χ4n) is 3.92. The van der Waals surface area contributed by atoms with Crippen molar-refractivity contribution in [2.24, 2.45) is 0 Å². The summed E-state index contributed by atoms with van der Waals surface area (Å²) < 4.78 is 58.5. The molecule has 10 heteroatoms. The Hall–Kier alpha value is -2.51. The summed E-state index contributed by atoms with van der Waals surface area (Å²) in [5.74, 6) is -4.09. The molecule has 0 amide bonds. The number of pyridine rings is 1. The Bertz CT molecular complexity index is 1280. The van der Waals surface area contributed by atoms with Gasteiger partial charge in [-0.15, -0.1) is 0 Å². The van der Waals surface area contributed by atoms with Gasteiger partial charge in [-0.25, -0.2) is 14.4 Å². The number of nitrogens with zero attached hydrogens (tertiary/aromatic N) is 3. The van der Waals surface area contributed by atoms with Crippen LogP contribution in [0.1, 0.15) is 63.0 Å². The zero-order valence-corrected chi connectivity index (χ0v) is 21.8. The molecule has 6 nitrogen and oxygen atoms in total. The van der Waals surface area contributed by atoms with Crippen LogP contribution in [-0.4, -0.2) is 39.0 Å². The summed E-state index contributed by atoms with van der Waals surface area (Å²) in [6, 6.07) is 4.66. The summed E-state index contributed by atoms with van der Waals surface area (Å²) in [4.78, 5) is 13.0. The van der Waals surface area contributed by atoms with Crippen LogP contribution in [0, 0.1) is 12.7 Å². The van der Waals surface area contributed by atoms with E-state index in [1.54, 1.807) is 33.2 Å². The molecule has 0 aliphatic heterocycles. The van der Waals surface area contributed by atoms with Crippen molar-refractivity contribution < 1.29 is 22.8 Å². The Balaban J connectivity index is 2.03. The van der Waals surface area contributed by atoms with Gasteiger partial charge in [-0.05, 0) is 52.7 Å². The average molecular weight is 509 g/mol. The first-order valence-electron chi connectivity index (χ1n) is 11.5. The van der Waals surface area contributed by atoms with Crippen molar-refractivity contribution >= 4 is 29.3 Å². The first kappa shape index (κ1) is 27.1. The molecular formula is C25H32F3N4O2P. The van der Waals surface area contributed by atoms with Gasteiger partial charge in [0.05, 0.1) is 23.3 Å². The molecule has 0 saturated carbocycles. The van der Waals surface area contributed by atoms with Crippen LogP contribution in [0.2, 0.25) is 0 Å². The van der Waals surface area contributed by atoms with Crippen molar-refractivity contribution in [3.05, 3.63) is 53.2 Å². The lowest BCUT2D eigenvalue weighted by Crippen LogP contribution is -2.44. The number of nitrogens with one attached hydrogen (secondary N) is 1. The summed E-state index contributed by atoms with van der Waals surface area (Å²) in [7, 11) is -2.67. The smallest absolute Gasteiger partial charge is 0.303 e. The Morgan fingerprint density at radius 3 is 2.54 bits per heavy atom. The first-order valence-corrected chi connectivity index (χ1v) is 14.1. The summed E-state index contributed by atoms with van der Waals surface area (Å²) in [6.07, 6.45) is 2.37. The highest BCUT2D eigenvalue weighted by Gasteiger charge is 2.51. The van der Waals surface area contributed by atoms with Crippen molar-refractivity contribution in [3.8, 4) is 0 Å². The minimum atomic E-state index is -3.79. The van der Waals surface area contributed by atoms with Crippen LogP contribution >= 0.6 is 7.14 Å². The van der Waals surface area contributed by atoms with Crippen LogP contribution < -0.4 is 10.8 Å². The maximum Gasteiger partial charge on any atom is 0.303 e. The van der Waals surface area contributed by atoms with Gasteiger partial charge in [0.25, 0.3) is 0 Å². The van der Waals surface area contributed by atoms with E-state index in [1.165, 1.54) is 18.3 Å².